The zero-order valence-corrected chi connectivity index (χ0v) is 13.1. The fourth-order valence-corrected chi connectivity index (χ4v) is 3.16. The topological polar surface area (TPSA) is 57.8 Å². The third-order valence-corrected chi connectivity index (χ3v) is 4.53. The Morgan fingerprint density at radius 3 is 2.83 bits per heavy atom. The molecule has 0 spiro atoms. The number of hydrogen-bond donors (Lipinski definition) is 2. The molecular formula is C19H18FN3O. The summed E-state index contributed by atoms with van der Waals surface area (Å²) < 4.78 is 13.7. The summed E-state index contributed by atoms with van der Waals surface area (Å²) in [5.41, 5.74) is 2.58. The number of halogens is 1. The van der Waals surface area contributed by atoms with Crippen molar-refractivity contribution in [3.8, 4) is 0 Å². The molecule has 0 radical (unpaired) electrons. The normalized spacial score (nSPS) is 19.4. The number of carbonyl (C=O) groups is 1. The number of hydrogen-bond acceptors (Lipinski definition) is 2. The van der Waals surface area contributed by atoms with Crippen LogP contribution in [0.4, 0.5) is 4.39 Å². The van der Waals surface area contributed by atoms with E-state index in [1.54, 1.807) is 12.1 Å². The molecule has 4 nitrogen and oxygen atoms in total. The zero-order valence-electron chi connectivity index (χ0n) is 13.1. The summed E-state index contributed by atoms with van der Waals surface area (Å²) in [5, 5.41) is 2.94. The summed E-state index contributed by atoms with van der Waals surface area (Å²) in [6, 6.07) is 14.5. The van der Waals surface area contributed by atoms with Gasteiger partial charge in [0, 0.05) is 18.9 Å². The van der Waals surface area contributed by atoms with Gasteiger partial charge in [-0.05, 0) is 36.1 Å². The van der Waals surface area contributed by atoms with Gasteiger partial charge >= 0.3 is 0 Å². The Bertz CT molecular complexity index is 856. The first-order valence-corrected chi connectivity index (χ1v) is 8.18. The van der Waals surface area contributed by atoms with E-state index in [4.69, 9.17) is 0 Å². The highest BCUT2D eigenvalue weighted by Crippen LogP contribution is 2.48. The molecule has 2 atom stereocenters. The van der Waals surface area contributed by atoms with Gasteiger partial charge in [-0.3, -0.25) is 4.79 Å². The molecule has 0 aliphatic heterocycles. The molecule has 2 aromatic carbocycles. The number of H-pyrrole nitrogens is 1. The second kappa shape index (κ2) is 6.07. The lowest BCUT2D eigenvalue weighted by Crippen LogP contribution is -2.27. The SMILES string of the molecule is O=C(NCCc1nc2ccccc2[nH]1)C1CC1c1ccccc1F. The summed E-state index contributed by atoms with van der Waals surface area (Å²) >= 11 is 0. The quantitative estimate of drug-likeness (QED) is 0.758. The summed E-state index contributed by atoms with van der Waals surface area (Å²) in [5.74, 6) is 0.535. The third-order valence-electron chi connectivity index (χ3n) is 4.53. The van der Waals surface area contributed by atoms with Gasteiger partial charge in [0.05, 0.1) is 11.0 Å². The van der Waals surface area contributed by atoms with Crippen LogP contribution < -0.4 is 5.32 Å². The molecule has 0 saturated heterocycles. The minimum Gasteiger partial charge on any atom is -0.355 e. The van der Waals surface area contributed by atoms with E-state index in [2.05, 4.69) is 15.3 Å². The maximum absolute atomic E-state index is 13.7. The highest BCUT2D eigenvalue weighted by molar-refractivity contribution is 5.83. The molecule has 1 saturated carbocycles. The van der Waals surface area contributed by atoms with Crippen LogP contribution in [0.3, 0.4) is 0 Å². The minimum atomic E-state index is -0.222. The van der Waals surface area contributed by atoms with Crippen molar-refractivity contribution in [3.63, 3.8) is 0 Å². The van der Waals surface area contributed by atoms with Gasteiger partial charge in [0.2, 0.25) is 5.91 Å². The monoisotopic (exact) mass is 323 g/mol. The van der Waals surface area contributed by atoms with E-state index in [1.165, 1.54) is 6.07 Å². The molecule has 1 aliphatic rings. The Morgan fingerprint density at radius 1 is 1.21 bits per heavy atom. The number of amides is 1. The van der Waals surface area contributed by atoms with Crippen molar-refractivity contribution < 1.29 is 9.18 Å². The van der Waals surface area contributed by atoms with Crippen molar-refractivity contribution in [1.29, 1.82) is 0 Å². The van der Waals surface area contributed by atoms with Crippen molar-refractivity contribution in [3.05, 3.63) is 65.7 Å². The Hall–Kier alpha value is -2.69. The van der Waals surface area contributed by atoms with Gasteiger partial charge < -0.3 is 10.3 Å². The molecule has 1 fully saturated rings. The van der Waals surface area contributed by atoms with Crippen LogP contribution in [0.5, 0.6) is 0 Å². The number of rotatable bonds is 5. The molecule has 1 amide bonds. The summed E-state index contributed by atoms with van der Waals surface area (Å²) in [4.78, 5) is 19.9. The van der Waals surface area contributed by atoms with Gasteiger partial charge in [0.25, 0.3) is 0 Å². The van der Waals surface area contributed by atoms with Crippen LogP contribution in [-0.2, 0) is 11.2 Å². The van der Waals surface area contributed by atoms with Gasteiger partial charge in [-0.1, -0.05) is 30.3 Å². The van der Waals surface area contributed by atoms with Gasteiger partial charge in [0.15, 0.2) is 0 Å². The molecule has 2 unspecified atom stereocenters. The predicted molar refractivity (Wildman–Crippen MR) is 90.1 cm³/mol. The smallest absolute Gasteiger partial charge is 0.223 e. The molecule has 3 aromatic rings. The third kappa shape index (κ3) is 2.89. The molecular weight excluding hydrogens is 305 g/mol. The van der Waals surface area contributed by atoms with E-state index < -0.39 is 0 Å². The number of benzene rings is 2. The Morgan fingerprint density at radius 2 is 2.00 bits per heavy atom. The van der Waals surface area contributed by atoms with Crippen molar-refractivity contribution in [2.24, 2.45) is 5.92 Å². The largest absolute Gasteiger partial charge is 0.355 e. The second-order valence-electron chi connectivity index (χ2n) is 6.21. The van der Waals surface area contributed by atoms with E-state index in [-0.39, 0.29) is 23.6 Å². The van der Waals surface area contributed by atoms with Crippen LogP contribution in [0.1, 0.15) is 23.7 Å². The highest BCUT2D eigenvalue weighted by Gasteiger charge is 2.44. The number of imidazole rings is 1. The molecule has 5 heteroatoms. The van der Waals surface area contributed by atoms with Crippen LogP contribution >= 0.6 is 0 Å². The number of para-hydroxylation sites is 2. The molecule has 122 valence electrons. The molecule has 1 aliphatic carbocycles. The second-order valence-corrected chi connectivity index (χ2v) is 6.21. The first-order valence-electron chi connectivity index (χ1n) is 8.18. The van der Waals surface area contributed by atoms with Crippen LogP contribution in [0, 0.1) is 11.7 Å². The predicted octanol–water partition coefficient (Wildman–Crippen LogP) is 3.16. The molecule has 2 N–H and O–H groups in total. The fraction of sp³-hybridized carbons (Fsp3) is 0.263. The average molecular weight is 323 g/mol. The zero-order chi connectivity index (χ0) is 16.5. The van der Waals surface area contributed by atoms with E-state index >= 15 is 0 Å². The summed E-state index contributed by atoms with van der Waals surface area (Å²) in [7, 11) is 0. The van der Waals surface area contributed by atoms with Crippen molar-refractivity contribution in [1.82, 2.24) is 15.3 Å². The molecule has 0 bridgehead atoms. The van der Waals surface area contributed by atoms with Crippen molar-refractivity contribution in [2.45, 2.75) is 18.8 Å². The Kier molecular flexibility index (Phi) is 3.76. The first-order chi connectivity index (χ1) is 11.7. The highest BCUT2D eigenvalue weighted by atomic mass is 19.1. The standard InChI is InChI=1S/C19H18FN3O/c20-15-6-2-1-5-12(15)13-11-14(13)19(24)21-10-9-18-22-16-7-3-4-8-17(16)23-18/h1-8,13-14H,9-11H2,(H,21,24)(H,22,23). The number of aromatic amines is 1. The van der Waals surface area contributed by atoms with Gasteiger partial charge in [0.1, 0.15) is 11.6 Å². The average Bonchev–Trinajstić information content (AvgIpc) is 3.27. The van der Waals surface area contributed by atoms with E-state index in [9.17, 15) is 9.18 Å². The molecule has 1 aromatic heterocycles. The molecule has 24 heavy (non-hydrogen) atoms. The number of fused-ring (bicyclic) bond motifs is 1. The molecule has 4 rings (SSSR count). The lowest BCUT2D eigenvalue weighted by atomic mass is 10.1. The van der Waals surface area contributed by atoms with Gasteiger partial charge in [-0.25, -0.2) is 9.37 Å². The van der Waals surface area contributed by atoms with Gasteiger partial charge in [-0.2, -0.15) is 0 Å². The maximum atomic E-state index is 13.7. The van der Waals surface area contributed by atoms with Crippen LogP contribution in [0.15, 0.2) is 48.5 Å². The van der Waals surface area contributed by atoms with E-state index in [0.29, 0.717) is 18.5 Å². The van der Waals surface area contributed by atoms with Crippen molar-refractivity contribution >= 4 is 16.9 Å². The van der Waals surface area contributed by atoms with Crippen LogP contribution in [-0.4, -0.2) is 22.4 Å². The van der Waals surface area contributed by atoms with Crippen molar-refractivity contribution in [2.75, 3.05) is 6.54 Å². The Labute approximate surface area is 139 Å². The van der Waals surface area contributed by atoms with Gasteiger partial charge in [-0.15, -0.1) is 0 Å². The fourth-order valence-electron chi connectivity index (χ4n) is 3.16. The number of nitrogens with zero attached hydrogens (tertiary/aromatic N) is 1. The Balaban J connectivity index is 1.31. The minimum absolute atomic E-state index is 0.000589. The lowest BCUT2D eigenvalue weighted by molar-refractivity contribution is -0.122. The lowest BCUT2D eigenvalue weighted by Gasteiger charge is -2.04. The number of aromatic nitrogens is 2. The van der Waals surface area contributed by atoms with Crippen LogP contribution in [0.25, 0.3) is 11.0 Å². The summed E-state index contributed by atoms with van der Waals surface area (Å²) in [6.07, 6.45) is 1.37. The summed E-state index contributed by atoms with van der Waals surface area (Å²) in [6.45, 7) is 0.527. The van der Waals surface area contributed by atoms with E-state index in [0.717, 1.165) is 23.3 Å². The maximum Gasteiger partial charge on any atom is 0.223 e. The number of carbonyl (C=O) groups excluding carboxylic acids is 1. The van der Waals surface area contributed by atoms with E-state index in [1.807, 2.05) is 30.3 Å². The first kappa shape index (κ1) is 14.9. The number of nitrogens with one attached hydrogen (secondary N) is 2. The molecule has 1 heterocycles. The van der Waals surface area contributed by atoms with Crippen LogP contribution in [0.2, 0.25) is 0 Å².